The minimum atomic E-state index is 0.155. The van der Waals surface area contributed by atoms with Crippen LogP contribution in [0.2, 0.25) is 0 Å². The van der Waals surface area contributed by atoms with Gasteiger partial charge in [-0.2, -0.15) is 0 Å². The quantitative estimate of drug-likeness (QED) is 0.688. The molecule has 0 aliphatic rings. The van der Waals surface area contributed by atoms with Gasteiger partial charge in [0.15, 0.2) is 5.82 Å². The Kier molecular flexibility index (Phi) is 2.19. The Morgan fingerprint density at radius 1 is 0.941 bits per heavy atom. The number of hydrogen-bond donors (Lipinski definition) is 1. The maximum atomic E-state index is 9.73. The van der Waals surface area contributed by atoms with E-state index in [1.165, 1.54) is 0 Å². The summed E-state index contributed by atoms with van der Waals surface area (Å²) in [6, 6.07) is 10.8. The summed E-state index contributed by atoms with van der Waals surface area (Å²) in [5.74, 6) is 0.668. The number of para-hydroxylation sites is 1. The third kappa shape index (κ3) is 1.69. The number of aromatic nitrogens is 3. The standard InChI is InChI=1S/C13H9N3O/c17-11-6-3-4-9-8-15-13(16-12(9)11)10-5-1-2-7-14-10/h1-8,17H. The number of nitrogens with zero attached hydrogens (tertiary/aromatic N) is 3. The molecule has 0 radical (unpaired) electrons. The van der Waals surface area contributed by atoms with Crippen LogP contribution in [0.4, 0.5) is 0 Å². The highest BCUT2D eigenvalue weighted by molar-refractivity contribution is 5.84. The van der Waals surface area contributed by atoms with Crippen molar-refractivity contribution in [3.63, 3.8) is 0 Å². The average Bonchev–Trinajstić information content (AvgIpc) is 2.40. The lowest BCUT2D eigenvalue weighted by atomic mass is 10.2. The minimum Gasteiger partial charge on any atom is -0.506 e. The number of phenols is 1. The minimum absolute atomic E-state index is 0.155. The van der Waals surface area contributed by atoms with Crippen LogP contribution in [0, 0.1) is 0 Å². The van der Waals surface area contributed by atoms with Crippen LogP contribution in [-0.4, -0.2) is 20.1 Å². The first-order valence-electron chi connectivity index (χ1n) is 5.21. The van der Waals surface area contributed by atoms with Crippen molar-refractivity contribution in [3.05, 3.63) is 48.8 Å². The number of aromatic hydroxyl groups is 1. The van der Waals surface area contributed by atoms with Gasteiger partial charge in [-0.3, -0.25) is 4.98 Å². The monoisotopic (exact) mass is 223 g/mol. The van der Waals surface area contributed by atoms with Crippen LogP contribution in [0.15, 0.2) is 48.8 Å². The molecule has 0 saturated heterocycles. The second kappa shape index (κ2) is 3.83. The fourth-order valence-corrected chi connectivity index (χ4v) is 1.66. The lowest BCUT2D eigenvalue weighted by Gasteiger charge is -2.02. The van der Waals surface area contributed by atoms with Gasteiger partial charge in [0.1, 0.15) is 17.0 Å². The predicted molar refractivity (Wildman–Crippen MR) is 64.4 cm³/mol. The molecule has 1 N–H and O–H groups in total. The number of hydrogen-bond acceptors (Lipinski definition) is 4. The van der Waals surface area contributed by atoms with Crippen molar-refractivity contribution < 1.29 is 5.11 Å². The second-order valence-electron chi connectivity index (χ2n) is 3.62. The molecule has 0 amide bonds. The van der Waals surface area contributed by atoms with Gasteiger partial charge in [-0.1, -0.05) is 18.2 Å². The van der Waals surface area contributed by atoms with Crippen LogP contribution < -0.4 is 0 Å². The smallest absolute Gasteiger partial charge is 0.178 e. The predicted octanol–water partition coefficient (Wildman–Crippen LogP) is 2.40. The van der Waals surface area contributed by atoms with Crippen molar-refractivity contribution in [1.29, 1.82) is 0 Å². The number of benzene rings is 1. The van der Waals surface area contributed by atoms with Crippen molar-refractivity contribution in [1.82, 2.24) is 15.0 Å². The Bertz CT molecular complexity index is 668. The molecule has 82 valence electrons. The van der Waals surface area contributed by atoms with E-state index in [4.69, 9.17) is 0 Å². The van der Waals surface area contributed by atoms with E-state index < -0.39 is 0 Å². The topological polar surface area (TPSA) is 58.9 Å². The number of pyridine rings is 1. The molecule has 3 aromatic rings. The van der Waals surface area contributed by atoms with Crippen LogP contribution in [0.25, 0.3) is 22.4 Å². The summed E-state index contributed by atoms with van der Waals surface area (Å²) in [5.41, 5.74) is 1.24. The lowest BCUT2D eigenvalue weighted by molar-refractivity contribution is 0.480. The summed E-state index contributed by atoms with van der Waals surface area (Å²) in [7, 11) is 0. The Balaban J connectivity index is 2.23. The van der Waals surface area contributed by atoms with E-state index >= 15 is 0 Å². The molecule has 0 atom stereocenters. The van der Waals surface area contributed by atoms with Gasteiger partial charge in [-0.05, 0) is 18.2 Å². The normalized spacial score (nSPS) is 10.6. The van der Waals surface area contributed by atoms with Crippen LogP contribution in [0.1, 0.15) is 0 Å². The Morgan fingerprint density at radius 3 is 2.71 bits per heavy atom. The summed E-state index contributed by atoms with van der Waals surface area (Å²) in [6.07, 6.45) is 3.37. The fraction of sp³-hybridized carbons (Fsp3) is 0. The second-order valence-corrected chi connectivity index (χ2v) is 3.62. The van der Waals surface area contributed by atoms with E-state index in [2.05, 4.69) is 15.0 Å². The number of fused-ring (bicyclic) bond motifs is 1. The molecule has 4 heteroatoms. The molecule has 0 bridgehead atoms. The van der Waals surface area contributed by atoms with Gasteiger partial charge < -0.3 is 5.11 Å². The average molecular weight is 223 g/mol. The highest BCUT2D eigenvalue weighted by atomic mass is 16.3. The van der Waals surface area contributed by atoms with E-state index in [9.17, 15) is 5.11 Å². The van der Waals surface area contributed by atoms with Crippen molar-refractivity contribution in [2.45, 2.75) is 0 Å². The molecule has 0 unspecified atom stereocenters. The lowest BCUT2D eigenvalue weighted by Crippen LogP contribution is -1.91. The van der Waals surface area contributed by atoms with E-state index in [1.807, 2.05) is 24.3 Å². The van der Waals surface area contributed by atoms with Crippen LogP contribution in [0.5, 0.6) is 5.75 Å². The zero-order valence-corrected chi connectivity index (χ0v) is 8.91. The van der Waals surface area contributed by atoms with Crippen molar-refractivity contribution in [2.75, 3.05) is 0 Å². The number of phenolic OH excluding ortho intramolecular Hbond substituents is 1. The van der Waals surface area contributed by atoms with Crippen LogP contribution >= 0.6 is 0 Å². The number of rotatable bonds is 1. The third-order valence-electron chi connectivity index (χ3n) is 2.48. The van der Waals surface area contributed by atoms with E-state index in [0.29, 0.717) is 17.0 Å². The molecular weight excluding hydrogens is 214 g/mol. The highest BCUT2D eigenvalue weighted by Gasteiger charge is 2.06. The molecule has 4 nitrogen and oxygen atoms in total. The first-order chi connectivity index (χ1) is 8.34. The molecule has 0 aliphatic heterocycles. The van der Waals surface area contributed by atoms with Gasteiger partial charge >= 0.3 is 0 Å². The molecule has 0 fully saturated rings. The summed E-state index contributed by atoms with van der Waals surface area (Å²) >= 11 is 0. The van der Waals surface area contributed by atoms with Gasteiger partial charge in [0.2, 0.25) is 0 Å². The maximum Gasteiger partial charge on any atom is 0.178 e. The van der Waals surface area contributed by atoms with E-state index in [1.54, 1.807) is 24.5 Å². The fourth-order valence-electron chi connectivity index (χ4n) is 1.66. The van der Waals surface area contributed by atoms with Gasteiger partial charge in [0.05, 0.1) is 0 Å². The highest BCUT2D eigenvalue weighted by Crippen LogP contribution is 2.23. The largest absolute Gasteiger partial charge is 0.506 e. The summed E-state index contributed by atoms with van der Waals surface area (Å²) in [5, 5.41) is 10.5. The third-order valence-corrected chi connectivity index (χ3v) is 2.48. The van der Waals surface area contributed by atoms with Gasteiger partial charge in [0, 0.05) is 17.8 Å². The van der Waals surface area contributed by atoms with Crippen molar-refractivity contribution >= 4 is 10.9 Å². The molecule has 2 heterocycles. The SMILES string of the molecule is Oc1cccc2cnc(-c3ccccn3)nc12. The summed E-state index contributed by atoms with van der Waals surface area (Å²) in [4.78, 5) is 12.7. The molecule has 17 heavy (non-hydrogen) atoms. The Hall–Kier alpha value is -2.49. The van der Waals surface area contributed by atoms with Crippen molar-refractivity contribution in [2.24, 2.45) is 0 Å². The van der Waals surface area contributed by atoms with Gasteiger partial charge in [0.25, 0.3) is 0 Å². The van der Waals surface area contributed by atoms with Crippen molar-refractivity contribution in [3.8, 4) is 17.3 Å². The Labute approximate surface area is 97.6 Å². The molecule has 0 aliphatic carbocycles. The van der Waals surface area contributed by atoms with Crippen LogP contribution in [-0.2, 0) is 0 Å². The molecule has 0 saturated carbocycles. The molecular formula is C13H9N3O. The zero-order valence-electron chi connectivity index (χ0n) is 8.91. The van der Waals surface area contributed by atoms with E-state index in [-0.39, 0.29) is 5.75 Å². The first kappa shape index (κ1) is 9.72. The first-order valence-corrected chi connectivity index (χ1v) is 5.21. The molecule has 1 aromatic carbocycles. The van der Waals surface area contributed by atoms with Crippen LogP contribution in [0.3, 0.4) is 0 Å². The van der Waals surface area contributed by atoms with E-state index in [0.717, 1.165) is 5.39 Å². The zero-order chi connectivity index (χ0) is 11.7. The Morgan fingerprint density at radius 2 is 1.88 bits per heavy atom. The molecule has 2 aromatic heterocycles. The summed E-state index contributed by atoms with van der Waals surface area (Å²) in [6.45, 7) is 0. The van der Waals surface area contributed by atoms with Gasteiger partial charge in [-0.15, -0.1) is 0 Å². The maximum absolute atomic E-state index is 9.73. The van der Waals surface area contributed by atoms with Gasteiger partial charge in [-0.25, -0.2) is 9.97 Å². The summed E-state index contributed by atoms with van der Waals surface area (Å²) < 4.78 is 0. The molecule has 0 spiro atoms. The molecule has 3 rings (SSSR count).